The number of hydrogen-bond donors (Lipinski definition) is 1. The summed E-state index contributed by atoms with van der Waals surface area (Å²) < 4.78 is 34.4. The third-order valence-electron chi connectivity index (χ3n) is 3.15. The Labute approximate surface area is 110 Å². The van der Waals surface area contributed by atoms with Gasteiger partial charge in [0.25, 0.3) is 0 Å². The summed E-state index contributed by atoms with van der Waals surface area (Å²) in [6.07, 6.45) is -1.27. The molecule has 19 heavy (non-hydrogen) atoms. The van der Waals surface area contributed by atoms with Gasteiger partial charge in [-0.05, 0) is 5.56 Å². The highest BCUT2D eigenvalue weighted by atomic mass is 32.3. The molecular weight excluding hydrogens is 273 g/mol. The van der Waals surface area contributed by atoms with Crippen LogP contribution in [0.25, 0.3) is 0 Å². The molecule has 1 aromatic carbocycles. The molecule has 0 saturated carbocycles. The summed E-state index contributed by atoms with van der Waals surface area (Å²) in [5, 5.41) is 8.63. The minimum absolute atomic E-state index is 0.0329. The van der Waals surface area contributed by atoms with Crippen LogP contribution in [-0.2, 0) is 15.0 Å². The Morgan fingerprint density at radius 3 is 2.53 bits per heavy atom. The van der Waals surface area contributed by atoms with Crippen LogP contribution in [0.2, 0.25) is 0 Å². The Balaban J connectivity index is 2.03. The number of hydrogen-bond acceptors (Lipinski definition) is 4. The SMILES string of the molecule is O=C1CC(S(=O)(=O)F)CN1CC(O)c1ccccc1. The van der Waals surface area contributed by atoms with Crippen molar-refractivity contribution in [3.63, 3.8) is 0 Å². The van der Waals surface area contributed by atoms with Crippen molar-refractivity contribution in [1.29, 1.82) is 0 Å². The van der Waals surface area contributed by atoms with Crippen molar-refractivity contribution in [1.82, 2.24) is 4.90 Å². The minimum Gasteiger partial charge on any atom is -0.387 e. The van der Waals surface area contributed by atoms with Gasteiger partial charge in [-0.1, -0.05) is 30.3 Å². The molecule has 1 aromatic rings. The highest BCUT2D eigenvalue weighted by Gasteiger charge is 2.38. The zero-order valence-electron chi connectivity index (χ0n) is 10.1. The van der Waals surface area contributed by atoms with Crippen molar-refractivity contribution < 1.29 is 22.2 Å². The van der Waals surface area contributed by atoms with Gasteiger partial charge in [0.15, 0.2) is 0 Å². The molecule has 1 N–H and O–H groups in total. The number of benzene rings is 1. The second kappa shape index (κ2) is 5.26. The number of amides is 1. The van der Waals surface area contributed by atoms with Gasteiger partial charge in [0, 0.05) is 13.0 Å². The third kappa shape index (κ3) is 3.30. The van der Waals surface area contributed by atoms with E-state index in [9.17, 15) is 22.2 Å². The standard InChI is InChI=1S/C12H14FNO4S/c13-19(17,18)10-6-12(16)14(7-10)8-11(15)9-4-2-1-3-5-9/h1-5,10-11,15H,6-8H2. The monoisotopic (exact) mass is 287 g/mol. The highest BCUT2D eigenvalue weighted by Crippen LogP contribution is 2.22. The zero-order chi connectivity index (χ0) is 14.0. The number of β-amino-alcohol motifs (C(OH)–C–C–N with tert-alkyl or cyclic N) is 1. The van der Waals surface area contributed by atoms with Gasteiger partial charge in [-0.25, -0.2) is 0 Å². The topological polar surface area (TPSA) is 74.7 Å². The fraction of sp³-hybridized carbons (Fsp3) is 0.417. The van der Waals surface area contributed by atoms with Crippen molar-refractivity contribution in [2.45, 2.75) is 17.8 Å². The van der Waals surface area contributed by atoms with Gasteiger partial charge in [0.1, 0.15) is 5.25 Å². The largest absolute Gasteiger partial charge is 0.387 e. The van der Waals surface area contributed by atoms with Crippen molar-refractivity contribution >= 4 is 16.1 Å². The second-order valence-corrected chi connectivity index (χ2v) is 6.14. The van der Waals surface area contributed by atoms with Crippen LogP contribution in [0.1, 0.15) is 18.1 Å². The molecule has 1 saturated heterocycles. The lowest BCUT2D eigenvalue weighted by Crippen LogP contribution is -2.31. The fourth-order valence-electron chi connectivity index (χ4n) is 2.09. The predicted molar refractivity (Wildman–Crippen MR) is 66.4 cm³/mol. The molecule has 2 unspecified atom stereocenters. The summed E-state index contributed by atoms with van der Waals surface area (Å²) in [6, 6.07) is 8.70. The molecule has 0 bridgehead atoms. The van der Waals surface area contributed by atoms with Gasteiger partial charge in [-0.15, -0.1) is 3.89 Å². The van der Waals surface area contributed by atoms with E-state index in [0.29, 0.717) is 5.56 Å². The number of aliphatic hydroxyl groups is 1. The van der Waals surface area contributed by atoms with E-state index in [2.05, 4.69) is 0 Å². The van der Waals surface area contributed by atoms with Crippen molar-refractivity contribution in [2.75, 3.05) is 13.1 Å². The Kier molecular flexibility index (Phi) is 3.86. The molecule has 1 amide bonds. The zero-order valence-corrected chi connectivity index (χ0v) is 10.9. The van der Waals surface area contributed by atoms with Crippen LogP contribution in [0.4, 0.5) is 3.89 Å². The average Bonchev–Trinajstić information content (AvgIpc) is 2.72. The normalized spacial score (nSPS) is 21.7. The lowest BCUT2D eigenvalue weighted by atomic mass is 10.1. The van der Waals surface area contributed by atoms with Crippen LogP contribution in [0.5, 0.6) is 0 Å². The Bertz CT molecular complexity index is 560. The molecule has 0 radical (unpaired) electrons. The quantitative estimate of drug-likeness (QED) is 0.824. The van der Waals surface area contributed by atoms with Crippen LogP contribution in [0, 0.1) is 0 Å². The third-order valence-corrected chi connectivity index (χ3v) is 4.27. The molecule has 0 aliphatic carbocycles. The molecule has 1 heterocycles. The maximum atomic E-state index is 12.8. The van der Waals surface area contributed by atoms with Gasteiger partial charge in [-0.2, -0.15) is 8.42 Å². The van der Waals surface area contributed by atoms with Gasteiger partial charge in [-0.3, -0.25) is 4.79 Å². The highest BCUT2D eigenvalue weighted by molar-refractivity contribution is 7.87. The van der Waals surface area contributed by atoms with Crippen LogP contribution in [0.15, 0.2) is 30.3 Å². The molecule has 2 atom stereocenters. The van der Waals surface area contributed by atoms with E-state index in [1.54, 1.807) is 30.3 Å². The van der Waals surface area contributed by atoms with E-state index < -0.39 is 27.5 Å². The van der Waals surface area contributed by atoms with Crippen LogP contribution in [0.3, 0.4) is 0 Å². The molecular formula is C12H14FNO4S. The maximum Gasteiger partial charge on any atom is 0.307 e. The van der Waals surface area contributed by atoms with Crippen molar-refractivity contribution in [2.24, 2.45) is 0 Å². The Morgan fingerprint density at radius 2 is 2.00 bits per heavy atom. The molecule has 0 aromatic heterocycles. The Morgan fingerprint density at radius 1 is 1.37 bits per heavy atom. The van der Waals surface area contributed by atoms with E-state index in [4.69, 9.17) is 0 Å². The minimum atomic E-state index is -4.71. The molecule has 0 spiro atoms. The first kappa shape index (κ1) is 14.0. The van der Waals surface area contributed by atoms with Crippen molar-refractivity contribution in [3.8, 4) is 0 Å². The molecule has 1 aliphatic heterocycles. The van der Waals surface area contributed by atoms with Gasteiger partial charge in [0.2, 0.25) is 5.91 Å². The van der Waals surface area contributed by atoms with E-state index in [0.717, 1.165) is 0 Å². The summed E-state index contributed by atoms with van der Waals surface area (Å²) >= 11 is 0. The van der Waals surface area contributed by atoms with Crippen LogP contribution >= 0.6 is 0 Å². The first-order valence-electron chi connectivity index (χ1n) is 5.82. The second-order valence-electron chi connectivity index (χ2n) is 4.53. The van der Waals surface area contributed by atoms with Gasteiger partial charge >= 0.3 is 10.2 Å². The van der Waals surface area contributed by atoms with Gasteiger partial charge in [0.05, 0.1) is 12.6 Å². The summed E-state index contributed by atoms with van der Waals surface area (Å²) in [5.74, 6) is -0.457. The first-order valence-corrected chi connectivity index (χ1v) is 7.27. The molecule has 1 fully saturated rings. The smallest absolute Gasteiger partial charge is 0.307 e. The van der Waals surface area contributed by atoms with E-state index in [-0.39, 0.29) is 19.5 Å². The number of rotatable bonds is 4. The average molecular weight is 287 g/mol. The van der Waals surface area contributed by atoms with Gasteiger partial charge < -0.3 is 10.0 Å². The number of carbonyl (C=O) groups excluding carboxylic acids is 1. The molecule has 5 nitrogen and oxygen atoms in total. The summed E-state index contributed by atoms with van der Waals surface area (Å²) in [5.41, 5.74) is 0.627. The number of carbonyl (C=O) groups is 1. The van der Waals surface area contributed by atoms with Crippen molar-refractivity contribution in [3.05, 3.63) is 35.9 Å². The maximum absolute atomic E-state index is 12.8. The molecule has 7 heteroatoms. The number of halogens is 1. The molecule has 104 valence electrons. The number of likely N-dealkylation sites (tertiary alicyclic amines) is 1. The molecule has 1 aliphatic rings. The summed E-state index contributed by atoms with van der Waals surface area (Å²) in [7, 11) is -4.71. The molecule has 2 rings (SSSR count). The fourth-order valence-corrected chi connectivity index (χ4v) is 2.79. The lowest BCUT2D eigenvalue weighted by molar-refractivity contribution is -0.128. The lowest BCUT2D eigenvalue weighted by Gasteiger charge is -2.20. The van der Waals surface area contributed by atoms with Crippen LogP contribution < -0.4 is 0 Å². The van der Waals surface area contributed by atoms with E-state index in [1.165, 1.54) is 4.90 Å². The predicted octanol–water partition coefficient (Wildman–Crippen LogP) is 0.620. The van der Waals surface area contributed by atoms with E-state index in [1.807, 2.05) is 0 Å². The summed E-state index contributed by atoms with van der Waals surface area (Å²) in [6.45, 7) is -0.240. The van der Waals surface area contributed by atoms with Crippen LogP contribution in [-0.4, -0.2) is 42.7 Å². The Hall–Kier alpha value is -1.47. The van der Waals surface area contributed by atoms with E-state index >= 15 is 0 Å². The number of aliphatic hydroxyl groups excluding tert-OH is 1. The summed E-state index contributed by atoms with van der Waals surface area (Å²) in [4.78, 5) is 12.8. The first-order chi connectivity index (χ1) is 8.88. The number of nitrogens with zero attached hydrogens (tertiary/aromatic N) is 1.